The summed E-state index contributed by atoms with van der Waals surface area (Å²) < 4.78 is 2.01. The number of piperidine rings is 1. The summed E-state index contributed by atoms with van der Waals surface area (Å²) in [5.74, 6) is 1.23. The lowest BCUT2D eigenvalue weighted by Gasteiger charge is -2.44. The Hall–Kier alpha value is -2.88. The first-order chi connectivity index (χ1) is 15.7. The Kier molecular flexibility index (Phi) is 4.89. The number of likely N-dealkylation sites (tertiary alicyclic amines) is 1. The van der Waals surface area contributed by atoms with Crippen LogP contribution in [0.2, 0.25) is 0 Å². The molecule has 164 valence electrons. The van der Waals surface area contributed by atoms with Crippen LogP contribution in [0.3, 0.4) is 0 Å². The zero-order valence-corrected chi connectivity index (χ0v) is 18.5. The lowest BCUT2D eigenvalue weighted by Crippen LogP contribution is -2.50. The fourth-order valence-electron chi connectivity index (χ4n) is 6.31. The number of amides is 1. The third kappa shape index (κ3) is 3.37. The number of carbonyl (C=O) groups excluding carboxylic acids is 1. The third-order valence-corrected chi connectivity index (χ3v) is 7.93. The summed E-state index contributed by atoms with van der Waals surface area (Å²) in [6, 6.07) is 18.7. The van der Waals surface area contributed by atoms with Gasteiger partial charge in [-0.05, 0) is 59.7 Å². The van der Waals surface area contributed by atoms with Crippen molar-refractivity contribution in [2.24, 2.45) is 11.8 Å². The number of pyridine rings is 1. The van der Waals surface area contributed by atoms with Gasteiger partial charge in [-0.1, -0.05) is 55.7 Å². The largest absolute Gasteiger partial charge is 0.341 e. The summed E-state index contributed by atoms with van der Waals surface area (Å²) in [6.45, 7) is 2.29. The molecule has 0 radical (unpaired) electrons. The second-order valence-corrected chi connectivity index (χ2v) is 10.0. The molecule has 1 aromatic heterocycles. The Morgan fingerprint density at radius 1 is 0.844 bits per heavy atom. The minimum Gasteiger partial charge on any atom is -0.341 e. The lowest BCUT2D eigenvalue weighted by molar-refractivity contribution is -0.139. The molecule has 3 heterocycles. The van der Waals surface area contributed by atoms with Crippen LogP contribution < -0.4 is 5.56 Å². The van der Waals surface area contributed by atoms with E-state index >= 15 is 0 Å². The molecule has 1 amide bonds. The Morgan fingerprint density at radius 3 is 2.50 bits per heavy atom. The topological polar surface area (TPSA) is 42.3 Å². The Labute approximate surface area is 188 Å². The van der Waals surface area contributed by atoms with Crippen LogP contribution in [0.5, 0.6) is 0 Å². The van der Waals surface area contributed by atoms with Crippen molar-refractivity contribution in [1.29, 1.82) is 0 Å². The first-order valence-corrected chi connectivity index (χ1v) is 12.2. The average Bonchev–Trinajstić information content (AvgIpc) is 2.84. The molecule has 32 heavy (non-hydrogen) atoms. The van der Waals surface area contributed by atoms with Gasteiger partial charge < -0.3 is 9.47 Å². The maximum atomic E-state index is 13.5. The molecule has 2 bridgehead atoms. The number of rotatable bonds is 2. The summed E-state index contributed by atoms with van der Waals surface area (Å²) in [4.78, 5) is 28.8. The zero-order valence-electron chi connectivity index (χ0n) is 18.5. The van der Waals surface area contributed by atoms with E-state index in [4.69, 9.17) is 0 Å². The molecule has 4 nitrogen and oxygen atoms in total. The smallest absolute Gasteiger partial charge is 0.258 e. The van der Waals surface area contributed by atoms with Gasteiger partial charge in [-0.25, -0.2) is 0 Å². The van der Waals surface area contributed by atoms with Crippen LogP contribution in [-0.2, 0) is 11.3 Å². The Morgan fingerprint density at radius 2 is 1.66 bits per heavy atom. The van der Waals surface area contributed by atoms with Crippen molar-refractivity contribution in [1.82, 2.24) is 9.47 Å². The zero-order chi connectivity index (χ0) is 21.7. The van der Waals surface area contributed by atoms with Gasteiger partial charge in [0, 0.05) is 42.7 Å². The summed E-state index contributed by atoms with van der Waals surface area (Å²) >= 11 is 0. The highest BCUT2D eigenvalue weighted by Gasteiger charge is 2.38. The minimum atomic E-state index is 0.111. The molecule has 1 saturated heterocycles. The molecule has 3 aromatic rings. The average molecular weight is 427 g/mol. The van der Waals surface area contributed by atoms with Gasteiger partial charge >= 0.3 is 0 Å². The van der Waals surface area contributed by atoms with E-state index in [0.717, 1.165) is 61.1 Å². The van der Waals surface area contributed by atoms with Crippen molar-refractivity contribution in [2.45, 2.75) is 51.0 Å². The van der Waals surface area contributed by atoms with Gasteiger partial charge in [-0.2, -0.15) is 0 Å². The van der Waals surface area contributed by atoms with E-state index in [1.54, 1.807) is 0 Å². The minimum absolute atomic E-state index is 0.111. The Balaban J connectivity index is 1.30. The van der Waals surface area contributed by atoms with Crippen LogP contribution in [-0.4, -0.2) is 28.5 Å². The van der Waals surface area contributed by atoms with Crippen molar-refractivity contribution in [2.75, 3.05) is 13.1 Å². The van der Waals surface area contributed by atoms with Crippen LogP contribution in [0.25, 0.3) is 21.9 Å². The molecule has 2 atom stereocenters. The molecular weight excluding hydrogens is 396 g/mol. The SMILES string of the molecule is O=C(C1CCCCC1)N1C[C@H]2C[C@H](C1)c1ccc(-c3ccc4ccccc4c3)c(=O)n1C2. The number of fused-ring (bicyclic) bond motifs is 5. The highest BCUT2D eigenvalue weighted by atomic mass is 16.2. The van der Waals surface area contributed by atoms with Crippen molar-refractivity contribution in [3.63, 3.8) is 0 Å². The van der Waals surface area contributed by atoms with Crippen molar-refractivity contribution >= 4 is 16.7 Å². The molecule has 4 heteroatoms. The molecule has 0 spiro atoms. The van der Waals surface area contributed by atoms with Gasteiger partial charge in [-0.3, -0.25) is 9.59 Å². The maximum Gasteiger partial charge on any atom is 0.258 e. The lowest BCUT2D eigenvalue weighted by atomic mass is 9.81. The van der Waals surface area contributed by atoms with Gasteiger partial charge in [-0.15, -0.1) is 0 Å². The van der Waals surface area contributed by atoms with E-state index < -0.39 is 0 Å². The van der Waals surface area contributed by atoms with E-state index in [1.165, 1.54) is 24.6 Å². The summed E-state index contributed by atoms with van der Waals surface area (Å²) in [5, 5.41) is 2.34. The van der Waals surface area contributed by atoms with Crippen molar-refractivity contribution in [3.05, 3.63) is 70.6 Å². The van der Waals surface area contributed by atoms with E-state index in [9.17, 15) is 9.59 Å². The first-order valence-electron chi connectivity index (χ1n) is 12.2. The molecule has 1 aliphatic carbocycles. The Bertz CT molecular complexity index is 1240. The van der Waals surface area contributed by atoms with E-state index in [2.05, 4.69) is 41.3 Å². The molecule has 0 N–H and O–H groups in total. The predicted molar refractivity (Wildman–Crippen MR) is 128 cm³/mol. The molecular formula is C28H30N2O2. The molecule has 2 aliphatic heterocycles. The number of benzene rings is 2. The maximum absolute atomic E-state index is 13.5. The van der Waals surface area contributed by atoms with Crippen molar-refractivity contribution < 1.29 is 4.79 Å². The van der Waals surface area contributed by atoms with Gasteiger partial charge in [0.15, 0.2) is 0 Å². The normalized spacial score (nSPS) is 23.2. The second kappa shape index (κ2) is 7.91. The van der Waals surface area contributed by atoms with Crippen LogP contribution in [0.1, 0.15) is 50.1 Å². The molecule has 6 rings (SSSR count). The molecule has 2 aromatic carbocycles. The number of hydrogen-bond donors (Lipinski definition) is 0. The number of nitrogens with zero attached hydrogens (tertiary/aromatic N) is 2. The van der Waals surface area contributed by atoms with E-state index in [1.807, 2.05) is 22.8 Å². The molecule has 3 aliphatic rings. The van der Waals surface area contributed by atoms with Crippen LogP contribution in [0, 0.1) is 11.8 Å². The van der Waals surface area contributed by atoms with Gasteiger partial charge in [0.25, 0.3) is 5.56 Å². The fraction of sp³-hybridized carbons (Fsp3) is 0.429. The monoisotopic (exact) mass is 426 g/mol. The second-order valence-electron chi connectivity index (χ2n) is 10.0. The summed E-state index contributed by atoms with van der Waals surface area (Å²) in [7, 11) is 0. The highest BCUT2D eigenvalue weighted by molar-refractivity contribution is 5.87. The van der Waals surface area contributed by atoms with E-state index in [-0.39, 0.29) is 17.4 Å². The fourth-order valence-corrected chi connectivity index (χ4v) is 6.31. The number of carbonyl (C=O) groups is 1. The van der Waals surface area contributed by atoms with Crippen LogP contribution in [0.4, 0.5) is 0 Å². The van der Waals surface area contributed by atoms with Gasteiger partial charge in [0.1, 0.15) is 0 Å². The molecule has 2 fully saturated rings. The molecule has 0 unspecified atom stereocenters. The molecule has 1 saturated carbocycles. The number of aromatic nitrogens is 1. The number of hydrogen-bond acceptors (Lipinski definition) is 2. The standard InChI is InChI=1S/C28H30N2O2/c31-27(21-7-2-1-3-8-21)29-16-19-14-24(18-29)26-13-12-25(28(32)30(26)17-19)23-11-10-20-6-4-5-9-22(20)15-23/h4-6,9-13,15,19,21,24H,1-3,7-8,14,16-18H2/t19-,24-/m1/s1. The third-order valence-electron chi connectivity index (χ3n) is 7.93. The summed E-state index contributed by atoms with van der Waals surface area (Å²) in [6.07, 6.45) is 6.83. The predicted octanol–water partition coefficient (Wildman–Crippen LogP) is 5.19. The van der Waals surface area contributed by atoms with E-state index in [0.29, 0.717) is 11.8 Å². The highest BCUT2D eigenvalue weighted by Crippen LogP contribution is 2.37. The first kappa shape index (κ1) is 19.8. The van der Waals surface area contributed by atoms with Gasteiger partial charge in [0.2, 0.25) is 5.91 Å². The quantitative estimate of drug-likeness (QED) is 0.566. The van der Waals surface area contributed by atoms with Crippen LogP contribution >= 0.6 is 0 Å². The van der Waals surface area contributed by atoms with Gasteiger partial charge in [0.05, 0.1) is 0 Å². The van der Waals surface area contributed by atoms with Crippen molar-refractivity contribution in [3.8, 4) is 11.1 Å². The van der Waals surface area contributed by atoms with Crippen LogP contribution in [0.15, 0.2) is 59.4 Å². The summed E-state index contributed by atoms with van der Waals surface area (Å²) in [5.41, 5.74) is 2.97.